The third-order valence-electron chi connectivity index (χ3n) is 26.1. The summed E-state index contributed by atoms with van der Waals surface area (Å²) in [4.78, 5) is 183. The van der Waals surface area contributed by atoms with Crippen molar-refractivity contribution in [1.29, 1.82) is 0 Å². The molecule has 1 aliphatic carbocycles. The second-order valence-electron chi connectivity index (χ2n) is 40.7. The minimum Gasteiger partial charge on any atom is -0.496 e. The van der Waals surface area contributed by atoms with Gasteiger partial charge in [-0.1, -0.05) is 232 Å². The third-order valence-corrected chi connectivity index (χ3v) is 26.1. The second kappa shape index (κ2) is 56.6. The SMILES string of the molecule is COc1cc(OC)c2cc1C(CC(=O)N[C@H](C(=O)N[C@@H](CC(C)C)C(=O)OCc1ccccc1)C(C)C)c1cc(c(OC)cc1OC)C(CC(=O)N[C@H](C(=O)N[C@@H](CC(C)C)C(=O)OCc1ccccc1)C(C)C)c1cc(c(OC)cc1OC)C(CC(=O)N[C@H](C(=O)N[C@@H](CC(C)C)C(=O)OCc1ccccc1)C(C)C)c1cc(c(OC)cc1OC)C2CC(=O)N[C@H](C(=O)N[C@@H](CC(C)C)C(=O)OCc1ccccc1)C(C)C. The number of rotatable bonds is 52. The number of fused-ring (bicyclic) bond motifs is 8. The summed E-state index contributed by atoms with van der Waals surface area (Å²) in [7, 11) is 11.2. The molecule has 148 heavy (non-hydrogen) atoms. The molecule has 0 fully saturated rings. The topological polar surface area (TPSA) is 412 Å². The molecule has 0 saturated carbocycles. The Morgan fingerprint density at radius 3 is 0.514 bits per heavy atom. The maximum atomic E-state index is 16.3. The van der Waals surface area contributed by atoms with Gasteiger partial charge in [0, 0.05) is 118 Å². The molecule has 9 rings (SSSR count). The van der Waals surface area contributed by atoms with E-state index in [-0.39, 0.29) is 166 Å². The van der Waals surface area contributed by atoms with Crippen LogP contribution >= 0.6 is 0 Å². The second-order valence-corrected chi connectivity index (χ2v) is 40.7. The largest absolute Gasteiger partial charge is 0.496 e. The number of hydrogen-bond donors (Lipinski definition) is 8. The van der Waals surface area contributed by atoms with E-state index in [1.165, 1.54) is 56.9 Å². The monoisotopic (exact) mass is 2040 g/mol. The van der Waals surface area contributed by atoms with E-state index in [9.17, 15) is 19.2 Å². The zero-order chi connectivity index (χ0) is 108. The van der Waals surface area contributed by atoms with Crippen LogP contribution in [0.15, 0.2) is 170 Å². The van der Waals surface area contributed by atoms with Crippen molar-refractivity contribution in [2.75, 3.05) is 56.9 Å². The van der Waals surface area contributed by atoms with Crippen molar-refractivity contribution >= 4 is 71.1 Å². The molecule has 0 aliphatic heterocycles. The summed E-state index contributed by atoms with van der Waals surface area (Å²) in [5, 5.41) is 23.8. The zero-order valence-corrected chi connectivity index (χ0v) is 90.0. The van der Waals surface area contributed by atoms with Gasteiger partial charge in [0.1, 0.15) is 121 Å². The Kier molecular flexibility index (Phi) is 44.9. The Labute approximate surface area is 870 Å². The smallest absolute Gasteiger partial charge is 0.328 e. The third kappa shape index (κ3) is 32.9. The fourth-order valence-electron chi connectivity index (χ4n) is 18.4. The van der Waals surface area contributed by atoms with Crippen molar-refractivity contribution in [3.63, 3.8) is 0 Å². The van der Waals surface area contributed by atoms with Gasteiger partial charge < -0.3 is 99.4 Å². The number of nitrogens with one attached hydrogen (secondary N) is 8. The van der Waals surface area contributed by atoms with Gasteiger partial charge in [-0.05, 0) is 120 Å². The summed E-state index contributed by atoms with van der Waals surface area (Å²) in [5.41, 5.74) is 4.48. The summed E-state index contributed by atoms with van der Waals surface area (Å²) in [6.07, 6.45) is -1.72. The lowest BCUT2D eigenvalue weighted by atomic mass is 9.77. The number of esters is 4. The van der Waals surface area contributed by atoms with Gasteiger partial charge in [-0.3, -0.25) is 38.4 Å². The number of carbonyl (C=O) groups excluding carboxylic acids is 12. The molecule has 0 saturated heterocycles. The molecule has 8 N–H and O–H groups in total. The number of methoxy groups -OCH3 is 8. The normalized spacial score (nSPS) is 15.4. The first-order valence-electron chi connectivity index (χ1n) is 50.8. The predicted molar refractivity (Wildman–Crippen MR) is 562 cm³/mol. The van der Waals surface area contributed by atoms with Gasteiger partial charge in [0.05, 0.1) is 56.9 Å². The molecular formula is C116H152N8O24. The molecule has 0 radical (unpaired) electrons. The van der Waals surface area contributed by atoms with E-state index in [0.29, 0.717) is 22.3 Å². The van der Waals surface area contributed by atoms with Gasteiger partial charge in [0.25, 0.3) is 0 Å². The average Bonchev–Trinajstić information content (AvgIpc) is 0.741. The summed E-state index contributed by atoms with van der Waals surface area (Å²) in [5.74, 6) is -16.5. The first kappa shape index (κ1) is 117. The highest BCUT2D eigenvalue weighted by molar-refractivity contribution is 5.95. The van der Waals surface area contributed by atoms with E-state index in [2.05, 4.69) is 42.5 Å². The van der Waals surface area contributed by atoms with Crippen molar-refractivity contribution in [2.24, 2.45) is 47.3 Å². The van der Waals surface area contributed by atoms with Crippen molar-refractivity contribution in [2.45, 2.75) is 261 Å². The van der Waals surface area contributed by atoms with Crippen LogP contribution in [-0.2, 0) is 103 Å². The first-order valence-corrected chi connectivity index (χ1v) is 50.8. The molecule has 8 aromatic carbocycles. The van der Waals surface area contributed by atoms with E-state index in [1.54, 1.807) is 152 Å². The minimum atomic E-state index is -1.34. The molecular weight excluding hydrogens is 1890 g/mol. The van der Waals surface area contributed by atoms with E-state index in [1.807, 2.05) is 128 Å². The number of carbonyl (C=O) groups is 12. The molecule has 800 valence electrons. The highest BCUT2D eigenvalue weighted by Gasteiger charge is 2.43. The predicted octanol–water partition coefficient (Wildman–Crippen LogP) is 15.8. The van der Waals surface area contributed by atoms with Crippen LogP contribution in [0.5, 0.6) is 46.0 Å². The van der Waals surface area contributed by atoms with Gasteiger partial charge >= 0.3 is 23.9 Å². The fourth-order valence-corrected chi connectivity index (χ4v) is 18.4. The quantitative estimate of drug-likeness (QED) is 0.0130. The van der Waals surface area contributed by atoms with Crippen LogP contribution in [0.25, 0.3) is 0 Å². The number of amides is 8. The van der Waals surface area contributed by atoms with Crippen molar-refractivity contribution in [3.8, 4) is 46.0 Å². The van der Waals surface area contributed by atoms with Crippen LogP contribution < -0.4 is 80.4 Å². The zero-order valence-electron chi connectivity index (χ0n) is 90.0. The molecule has 8 aromatic rings. The Morgan fingerprint density at radius 2 is 0.378 bits per heavy atom. The van der Waals surface area contributed by atoms with E-state index < -0.39 is 192 Å². The molecule has 8 amide bonds. The van der Waals surface area contributed by atoms with Gasteiger partial charge in [0.15, 0.2) is 0 Å². The van der Waals surface area contributed by atoms with Crippen molar-refractivity contribution in [1.82, 2.24) is 42.5 Å². The maximum absolute atomic E-state index is 16.3. The molecule has 32 heteroatoms. The molecule has 32 nitrogen and oxygen atoms in total. The Morgan fingerprint density at radius 1 is 0.223 bits per heavy atom. The van der Waals surface area contributed by atoms with Gasteiger partial charge in [-0.25, -0.2) is 19.2 Å². The van der Waals surface area contributed by atoms with Gasteiger partial charge in [-0.15, -0.1) is 0 Å². The maximum Gasteiger partial charge on any atom is 0.328 e. The highest BCUT2D eigenvalue weighted by Crippen LogP contribution is 2.54. The van der Waals surface area contributed by atoms with Gasteiger partial charge in [0.2, 0.25) is 47.3 Å². The standard InChI is InChI=1S/C116H152N8O24/c1-65(2)45-89(113(133)145-61-73-37-29-25-30-38-73)117-109(129)105(69(9)10)121-101(125)53-77-81-49-83(95(139-19)57-93(81)137-17)78(54-102(126)122-106(70(11)12)110(130)118-90(46-66(3)4)114(134)146-62-74-39-31-26-32-40-74)85-51-87(99(143-23)59-97(85)141-21)80(56-104(128)124-108(72(15)16)112(132)120-92(48-68(7)8)116(136)148-64-76-43-35-28-36-44-76)88-52-86(98(142-22)60-100(88)144-24)79(84-50-82(77)94(138-18)58-96(84)140-20)55-103(127)123-107(71(13)14)111(131)119-91(47-67(5)6)115(135)147-63-75-41-33-27-34-42-75/h25-44,49-52,57-60,65-72,77-80,89-92,105-108H,45-48,53-56,61-64H2,1-24H3,(H,117,129)(H,118,130)(H,119,131)(H,120,132)(H,121,125)(H,122,126)(H,123,127)(H,124,128)/t77?,78?,79?,80?,89-,90-,91-,92-,105-,106-,107-,108-/m0/s1. The van der Waals surface area contributed by atoms with Gasteiger partial charge in [-0.2, -0.15) is 0 Å². The molecule has 0 spiro atoms. The summed E-state index contributed by atoms with van der Waals surface area (Å²) >= 11 is 0. The molecule has 8 bridgehead atoms. The van der Waals surface area contributed by atoms with Crippen LogP contribution in [0.3, 0.4) is 0 Å². The first-order chi connectivity index (χ1) is 70.5. The summed E-state index contributed by atoms with van der Waals surface area (Å²) in [6.45, 7) is 28.7. The van der Waals surface area contributed by atoms with Crippen LogP contribution in [0.4, 0.5) is 0 Å². The van der Waals surface area contributed by atoms with Crippen molar-refractivity contribution in [3.05, 3.63) is 237 Å². The lowest BCUT2D eigenvalue weighted by Crippen LogP contribution is -2.54. The van der Waals surface area contributed by atoms with E-state index in [4.69, 9.17) is 56.8 Å². The van der Waals surface area contributed by atoms with E-state index in [0.717, 1.165) is 0 Å². The van der Waals surface area contributed by atoms with Crippen LogP contribution in [-0.4, -0.2) is 176 Å². The Balaban J connectivity index is 1.34. The Hall–Kier alpha value is -14.2. The fraction of sp³-hybridized carbons (Fsp3) is 0.483. The highest BCUT2D eigenvalue weighted by atomic mass is 16.6. The number of benzene rings is 8. The molecule has 0 heterocycles. The average molecular weight is 2040 g/mol. The molecule has 8 atom stereocenters. The van der Waals surface area contributed by atoms with Crippen molar-refractivity contribution < 1.29 is 114 Å². The summed E-state index contributed by atoms with van der Waals surface area (Å²) in [6, 6.07) is 39.3. The molecule has 1 aliphatic rings. The Bertz CT molecular complexity index is 4990. The van der Waals surface area contributed by atoms with Crippen LogP contribution in [0, 0.1) is 47.3 Å². The molecule has 0 unspecified atom stereocenters. The molecule has 0 aromatic heterocycles. The lowest BCUT2D eigenvalue weighted by Gasteiger charge is -2.32. The number of ether oxygens (including phenoxy) is 12. The summed E-state index contributed by atoms with van der Waals surface area (Å²) < 4.78 is 75.5. The lowest BCUT2D eigenvalue weighted by molar-refractivity contribution is -0.150. The van der Waals surface area contributed by atoms with Crippen LogP contribution in [0.2, 0.25) is 0 Å². The minimum absolute atomic E-state index is 0.0800. The van der Waals surface area contributed by atoms with Crippen LogP contribution in [0.1, 0.15) is 253 Å². The number of hydrogen-bond acceptors (Lipinski definition) is 24. The van der Waals surface area contributed by atoms with E-state index >= 15 is 38.4 Å².